The number of ether oxygens (including phenoxy) is 1. The number of aryl methyl sites for hydroxylation is 1. The summed E-state index contributed by atoms with van der Waals surface area (Å²) >= 11 is 0. The molecule has 0 atom stereocenters. The van der Waals surface area contributed by atoms with Gasteiger partial charge in [-0.25, -0.2) is 9.97 Å². The summed E-state index contributed by atoms with van der Waals surface area (Å²) in [6.45, 7) is 8.95. The van der Waals surface area contributed by atoms with Crippen molar-refractivity contribution in [2.45, 2.75) is 26.7 Å². The molecule has 2 heterocycles. The lowest BCUT2D eigenvalue weighted by molar-refractivity contribution is -0.125. The molecular weight excluding hydrogens is 424 g/mol. The minimum absolute atomic E-state index is 0.0264. The zero-order valence-electron chi connectivity index (χ0n) is 20.4. The summed E-state index contributed by atoms with van der Waals surface area (Å²) in [5.41, 5.74) is 3.42. The second kappa shape index (κ2) is 10.5. The summed E-state index contributed by atoms with van der Waals surface area (Å²) < 4.78 is 5.52. The molecule has 0 radical (unpaired) electrons. The van der Waals surface area contributed by atoms with E-state index in [-0.39, 0.29) is 11.8 Å². The van der Waals surface area contributed by atoms with E-state index in [1.165, 1.54) is 0 Å². The molecule has 6 nitrogen and oxygen atoms in total. The molecule has 176 valence electrons. The zero-order chi connectivity index (χ0) is 24.1. The van der Waals surface area contributed by atoms with Crippen LogP contribution in [0.5, 0.6) is 5.75 Å². The van der Waals surface area contributed by atoms with E-state index < -0.39 is 0 Å². The van der Waals surface area contributed by atoms with Gasteiger partial charge in [-0.3, -0.25) is 4.79 Å². The van der Waals surface area contributed by atoms with Gasteiger partial charge < -0.3 is 14.5 Å². The Hall–Kier alpha value is -3.67. The molecule has 34 heavy (non-hydrogen) atoms. The van der Waals surface area contributed by atoms with E-state index in [2.05, 4.69) is 23.7 Å². The van der Waals surface area contributed by atoms with Crippen LogP contribution in [0.1, 0.15) is 42.4 Å². The molecule has 1 aliphatic heterocycles. The molecule has 2 aromatic carbocycles. The van der Waals surface area contributed by atoms with Gasteiger partial charge in [0.2, 0.25) is 0 Å². The highest BCUT2D eigenvalue weighted by molar-refractivity contribution is 6.24. The highest BCUT2D eigenvalue weighted by Crippen LogP contribution is 2.27. The van der Waals surface area contributed by atoms with Crippen LogP contribution in [0.4, 0.5) is 5.82 Å². The van der Waals surface area contributed by atoms with Gasteiger partial charge in [0.15, 0.2) is 0 Å². The van der Waals surface area contributed by atoms with Crippen molar-refractivity contribution in [1.29, 1.82) is 0 Å². The highest BCUT2D eigenvalue weighted by atomic mass is 16.5. The van der Waals surface area contributed by atoms with Gasteiger partial charge >= 0.3 is 0 Å². The number of hydrogen-bond acceptors (Lipinski definition) is 5. The van der Waals surface area contributed by atoms with Gasteiger partial charge in [0.1, 0.15) is 17.4 Å². The Morgan fingerprint density at radius 1 is 0.971 bits per heavy atom. The minimum Gasteiger partial charge on any atom is -0.496 e. The van der Waals surface area contributed by atoms with Crippen molar-refractivity contribution in [3.8, 4) is 5.75 Å². The first-order chi connectivity index (χ1) is 16.5. The van der Waals surface area contributed by atoms with E-state index in [0.717, 1.165) is 47.3 Å². The molecule has 1 amide bonds. The number of piperazine rings is 1. The number of hydrogen-bond donors (Lipinski definition) is 0. The van der Waals surface area contributed by atoms with Crippen molar-refractivity contribution in [3.63, 3.8) is 0 Å². The first kappa shape index (κ1) is 23.5. The molecule has 3 aromatic rings. The molecule has 0 unspecified atom stereocenters. The van der Waals surface area contributed by atoms with Crippen LogP contribution < -0.4 is 9.64 Å². The molecule has 0 saturated carbocycles. The Balaban J connectivity index is 1.57. The Kier molecular flexibility index (Phi) is 7.26. The lowest BCUT2D eigenvalue weighted by Gasteiger charge is -2.36. The number of methoxy groups -OCH3 is 1. The van der Waals surface area contributed by atoms with Crippen LogP contribution in [-0.4, -0.2) is 54.1 Å². The minimum atomic E-state index is 0.0264. The molecule has 1 aliphatic rings. The van der Waals surface area contributed by atoms with Gasteiger partial charge in [-0.2, -0.15) is 0 Å². The summed E-state index contributed by atoms with van der Waals surface area (Å²) in [6.07, 6.45) is 1.94. The molecule has 0 N–H and O–H groups in total. The molecule has 6 heteroatoms. The van der Waals surface area contributed by atoms with Gasteiger partial charge in [0, 0.05) is 55.0 Å². The number of nitrogens with zero attached hydrogens (tertiary/aromatic N) is 4. The predicted octanol–water partition coefficient (Wildman–Crippen LogP) is 4.81. The van der Waals surface area contributed by atoms with Gasteiger partial charge in [0.25, 0.3) is 5.91 Å². The zero-order valence-corrected chi connectivity index (χ0v) is 20.4. The van der Waals surface area contributed by atoms with E-state index in [1.807, 2.05) is 78.6 Å². The Labute approximate surface area is 201 Å². The Morgan fingerprint density at radius 3 is 2.32 bits per heavy atom. The molecule has 0 bridgehead atoms. The van der Waals surface area contributed by atoms with Gasteiger partial charge in [-0.1, -0.05) is 62.4 Å². The van der Waals surface area contributed by atoms with E-state index in [1.54, 1.807) is 7.11 Å². The van der Waals surface area contributed by atoms with Crippen LogP contribution in [0, 0.1) is 6.92 Å². The smallest absolute Gasteiger partial charge is 0.254 e. The number of para-hydroxylation sites is 1. The van der Waals surface area contributed by atoms with Gasteiger partial charge in [0.05, 0.1) is 7.11 Å². The Bertz CT molecular complexity index is 1170. The van der Waals surface area contributed by atoms with E-state index >= 15 is 0 Å². The summed E-state index contributed by atoms with van der Waals surface area (Å²) in [5, 5.41) is 0. The summed E-state index contributed by atoms with van der Waals surface area (Å²) in [4.78, 5) is 27.2. The SMILES string of the molecule is COc1ccccc1/C=C(/C(=O)N1CCN(c2cc(C)nc(C(C)C)n2)CC1)c1ccccc1. The Morgan fingerprint density at radius 2 is 1.65 bits per heavy atom. The number of rotatable bonds is 6. The largest absolute Gasteiger partial charge is 0.496 e. The third-order valence-electron chi connectivity index (χ3n) is 6.02. The van der Waals surface area contributed by atoms with Crippen molar-refractivity contribution in [3.05, 3.63) is 83.3 Å². The van der Waals surface area contributed by atoms with Crippen LogP contribution in [0.25, 0.3) is 11.6 Å². The number of carbonyl (C=O) groups is 1. The van der Waals surface area contributed by atoms with E-state index in [0.29, 0.717) is 18.7 Å². The summed E-state index contributed by atoms with van der Waals surface area (Å²) in [7, 11) is 1.65. The number of amides is 1. The molecule has 4 rings (SSSR count). The van der Waals surface area contributed by atoms with Crippen LogP contribution in [0.2, 0.25) is 0 Å². The van der Waals surface area contributed by atoms with Gasteiger partial charge in [-0.15, -0.1) is 0 Å². The number of carbonyl (C=O) groups excluding carboxylic acids is 1. The van der Waals surface area contributed by atoms with Crippen LogP contribution >= 0.6 is 0 Å². The average Bonchev–Trinajstić information content (AvgIpc) is 2.87. The first-order valence-corrected chi connectivity index (χ1v) is 11.8. The van der Waals surface area contributed by atoms with E-state index in [9.17, 15) is 4.79 Å². The number of aromatic nitrogens is 2. The normalized spacial score (nSPS) is 14.4. The van der Waals surface area contributed by atoms with Crippen molar-refractivity contribution >= 4 is 23.4 Å². The molecule has 1 fully saturated rings. The second-order valence-corrected chi connectivity index (χ2v) is 8.83. The fraction of sp³-hybridized carbons (Fsp3) is 0.321. The topological polar surface area (TPSA) is 58.6 Å². The molecule has 1 aromatic heterocycles. The standard InChI is InChI=1S/C28H32N4O2/c1-20(2)27-29-21(3)18-26(30-27)31-14-16-32(17-15-31)28(33)24(22-10-6-5-7-11-22)19-23-12-8-9-13-25(23)34-4/h5-13,18-20H,14-17H2,1-4H3/b24-19+. The maximum Gasteiger partial charge on any atom is 0.254 e. The second-order valence-electron chi connectivity index (χ2n) is 8.83. The third-order valence-corrected chi connectivity index (χ3v) is 6.02. The monoisotopic (exact) mass is 456 g/mol. The van der Waals surface area contributed by atoms with Gasteiger partial charge in [-0.05, 0) is 24.6 Å². The van der Waals surface area contributed by atoms with Crippen LogP contribution in [0.15, 0.2) is 60.7 Å². The number of anilines is 1. The predicted molar refractivity (Wildman–Crippen MR) is 137 cm³/mol. The first-order valence-electron chi connectivity index (χ1n) is 11.8. The third kappa shape index (κ3) is 5.28. The van der Waals surface area contributed by atoms with Crippen molar-refractivity contribution in [1.82, 2.24) is 14.9 Å². The van der Waals surface area contributed by atoms with Crippen molar-refractivity contribution in [2.24, 2.45) is 0 Å². The fourth-order valence-corrected chi connectivity index (χ4v) is 4.13. The summed E-state index contributed by atoms with van der Waals surface area (Å²) in [5.74, 6) is 2.85. The van der Waals surface area contributed by atoms with Crippen LogP contribution in [0.3, 0.4) is 0 Å². The average molecular weight is 457 g/mol. The summed E-state index contributed by atoms with van der Waals surface area (Å²) in [6, 6.07) is 19.6. The maximum absolute atomic E-state index is 13.7. The van der Waals surface area contributed by atoms with E-state index in [4.69, 9.17) is 9.72 Å². The molecule has 1 saturated heterocycles. The quantitative estimate of drug-likeness (QED) is 0.394. The lowest BCUT2D eigenvalue weighted by atomic mass is 10.0. The fourth-order valence-electron chi connectivity index (χ4n) is 4.13. The molecule has 0 aliphatic carbocycles. The van der Waals surface area contributed by atoms with Crippen molar-refractivity contribution < 1.29 is 9.53 Å². The number of benzene rings is 2. The maximum atomic E-state index is 13.7. The van der Waals surface area contributed by atoms with Crippen LogP contribution in [-0.2, 0) is 4.79 Å². The van der Waals surface area contributed by atoms with Crippen molar-refractivity contribution in [2.75, 3.05) is 38.2 Å². The molecular formula is C28H32N4O2. The highest BCUT2D eigenvalue weighted by Gasteiger charge is 2.26. The lowest BCUT2D eigenvalue weighted by Crippen LogP contribution is -2.49. The molecule has 0 spiro atoms.